The van der Waals surface area contributed by atoms with Crippen molar-refractivity contribution in [3.8, 4) is 0 Å². The second-order valence-corrected chi connectivity index (χ2v) is 6.84. The summed E-state index contributed by atoms with van der Waals surface area (Å²) in [6.07, 6.45) is 2.43. The van der Waals surface area contributed by atoms with Crippen LogP contribution in [0.3, 0.4) is 0 Å². The van der Waals surface area contributed by atoms with E-state index in [1.165, 1.54) is 12.1 Å². The van der Waals surface area contributed by atoms with Gasteiger partial charge >= 0.3 is 0 Å². The van der Waals surface area contributed by atoms with Crippen LogP contribution in [0.15, 0.2) is 24.3 Å². The molecule has 1 heterocycles. The molecule has 2 rings (SSSR count). The Bertz CT molecular complexity index is 557. The number of rotatable bonds is 5. The fourth-order valence-corrected chi connectivity index (χ4v) is 2.96. The maximum absolute atomic E-state index is 12.9. The summed E-state index contributed by atoms with van der Waals surface area (Å²) < 4.78 is 12.9. The van der Waals surface area contributed by atoms with E-state index < -0.39 is 0 Å². The van der Waals surface area contributed by atoms with E-state index in [-0.39, 0.29) is 17.6 Å². The van der Waals surface area contributed by atoms with Crippen LogP contribution in [-0.4, -0.2) is 47.8 Å². The van der Waals surface area contributed by atoms with Crippen LogP contribution in [-0.2, 0) is 16.0 Å². The Hall–Kier alpha value is -1.91. The van der Waals surface area contributed by atoms with Crippen molar-refractivity contribution in [1.29, 1.82) is 0 Å². The number of carbonyl (C=O) groups excluding carboxylic acids is 2. The first kappa shape index (κ1) is 18.4. The van der Waals surface area contributed by atoms with Crippen LogP contribution in [0.25, 0.3) is 0 Å². The summed E-state index contributed by atoms with van der Waals surface area (Å²) >= 11 is 0. The molecule has 1 saturated heterocycles. The summed E-state index contributed by atoms with van der Waals surface area (Å²) in [5.41, 5.74) is 0.966. The van der Waals surface area contributed by atoms with Crippen molar-refractivity contribution in [1.82, 2.24) is 9.80 Å². The van der Waals surface area contributed by atoms with Crippen molar-refractivity contribution in [2.75, 3.05) is 26.2 Å². The Labute approximate surface area is 143 Å². The van der Waals surface area contributed by atoms with Crippen LogP contribution >= 0.6 is 0 Å². The Kier molecular flexibility index (Phi) is 6.76. The van der Waals surface area contributed by atoms with Crippen molar-refractivity contribution in [3.63, 3.8) is 0 Å². The van der Waals surface area contributed by atoms with E-state index in [9.17, 15) is 14.0 Å². The highest BCUT2D eigenvalue weighted by Crippen LogP contribution is 2.11. The summed E-state index contributed by atoms with van der Waals surface area (Å²) in [6.45, 7) is 6.74. The van der Waals surface area contributed by atoms with Crippen LogP contribution in [0, 0.1) is 11.7 Å². The molecule has 1 aliphatic rings. The van der Waals surface area contributed by atoms with E-state index in [1.807, 2.05) is 23.6 Å². The quantitative estimate of drug-likeness (QED) is 0.831. The molecule has 5 heteroatoms. The van der Waals surface area contributed by atoms with Gasteiger partial charge in [0.25, 0.3) is 0 Å². The van der Waals surface area contributed by atoms with Crippen molar-refractivity contribution in [3.05, 3.63) is 35.6 Å². The predicted molar refractivity (Wildman–Crippen MR) is 92.0 cm³/mol. The van der Waals surface area contributed by atoms with Gasteiger partial charge in [-0.3, -0.25) is 9.59 Å². The van der Waals surface area contributed by atoms with E-state index in [0.29, 0.717) is 44.8 Å². The zero-order chi connectivity index (χ0) is 17.5. The van der Waals surface area contributed by atoms with Gasteiger partial charge in [-0.25, -0.2) is 4.39 Å². The van der Waals surface area contributed by atoms with Gasteiger partial charge in [0, 0.05) is 39.0 Å². The zero-order valence-corrected chi connectivity index (χ0v) is 14.6. The number of benzene rings is 1. The van der Waals surface area contributed by atoms with Crippen LogP contribution in [0.1, 0.15) is 38.7 Å². The molecule has 0 bridgehead atoms. The molecular weight excluding hydrogens is 307 g/mol. The van der Waals surface area contributed by atoms with Gasteiger partial charge in [-0.1, -0.05) is 26.0 Å². The molecule has 1 aromatic carbocycles. The molecule has 0 unspecified atom stereocenters. The van der Waals surface area contributed by atoms with E-state index >= 15 is 0 Å². The molecule has 0 N–H and O–H groups in total. The summed E-state index contributed by atoms with van der Waals surface area (Å²) in [5.74, 6) is 0.390. The second-order valence-electron chi connectivity index (χ2n) is 6.84. The van der Waals surface area contributed by atoms with E-state index in [0.717, 1.165) is 18.5 Å². The lowest BCUT2D eigenvalue weighted by Crippen LogP contribution is -2.37. The molecule has 1 aromatic rings. The fourth-order valence-electron chi connectivity index (χ4n) is 2.96. The minimum absolute atomic E-state index is 0.109. The first-order valence-corrected chi connectivity index (χ1v) is 8.75. The molecular formula is C19H27FN2O2. The van der Waals surface area contributed by atoms with Crippen LogP contribution < -0.4 is 0 Å². The Morgan fingerprint density at radius 2 is 1.58 bits per heavy atom. The van der Waals surface area contributed by atoms with Gasteiger partial charge in [0.05, 0.1) is 0 Å². The van der Waals surface area contributed by atoms with Gasteiger partial charge in [-0.15, -0.1) is 0 Å². The maximum atomic E-state index is 12.9. The van der Waals surface area contributed by atoms with Crippen molar-refractivity contribution >= 4 is 11.8 Å². The number of hydrogen-bond donors (Lipinski definition) is 0. The number of halogens is 1. The highest BCUT2D eigenvalue weighted by Gasteiger charge is 2.22. The molecule has 0 radical (unpaired) electrons. The largest absolute Gasteiger partial charge is 0.341 e. The summed E-state index contributed by atoms with van der Waals surface area (Å²) in [4.78, 5) is 28.3. The third kappa shape index (κ3) is 5.62. The summed E-state index contributed by atoms with van der Waals surface area (Å²) in [6, 6.07) is 6.28. The molecule has 2 amide bonds. The van der Waals surface area contributed by atoms with Crippen molar-refractivity contribution in [2.24, 2.45) is 5.92 Å². The Morgan fingerprint density at radius 1 is 1.00 bits per heavy atom. The van der Waals surface area contributed by atoms with Crippen molar-refractivity contribution in [2.45, 2.75) is 39.5 Å². The monoisotopic (exact) mass is 334 g/mol. The third-order valence-corrected chi connectivity index (χ3v) is 4.32. The molecule has 0 saturated carbocycles. The van der Waals surface area contributed by atoms with Crippen LogP contribution in [0.4, 0.5) is 4.39 Å². The molecule has 24 heavy (non-hydrogen) atoms. The average Bonchev–Trinajstić information content (AvgIpc) is 2.79. The van der Waals surface area contributed by atoms with Gasteiger partial charge < -0.3 is 9.80 Å². The third-order valence-electron chi connectivity index (χ3n) is 4.32. The number of aryl methyl sites for hydroxylation is 1. The highest BCUT2D eigenvalue weighted by atomic mass is 19.1. The number of nitrogens with zero attached hydrogens (tertiary/aromatic N) is 2. The Balaban J connectivity index is 1.81. The first-order chi connectivity index (χ1) is 11.5. The van der Waals surface area contributed by atoms with Gasteiger partial charge in [0.1, 0.15) is 5.82 Å². The molecule has 0 aliphatic carbocycles. The van der Waals surface area contributed by atoms with Crippen LogP contribution in [0.5, 0.6) is 0 Å². The highest BCUT2D eigenvalue weighted by molar-refractivity contribution is 5.78. The smallest absolute Gasteiger partial charge is 0.222 e. The van der Waals surface area contributed by atoms with E-state index in [1.54, 1.807) is 12.1 Å². The van der Waals surface area contributed by atoms with Gasteiger partial charge in [-0.05, 0) is 36.5 Å². The molecule has 0 spiro atoms. The van der Waals surface area contributed by atoms with Crippen molar-refractivity contribution < 1.29 is 14.0 Å². The van der Waals surface area contributed by atoms with Gasteiger partial charge in [0.15, 0.2) is 0 Å². The lowest BCUT2D eigenvalue weighted by molar-refractivity contribution is -0.134. The number of amides is 2. The molecule has 1 fully saturated rings. The second kappa shape index (κ2) is 8.81. The fraction of sp³-hybridized carbons (Fsp3) is 0.579. The maximum Gasteiger partial charge on any atom is 0.222 e. The molecule has 0 atom stereocenters. The Morgan fingerprint density at radius 3 is 2.17 bits per heavy atom. The van der Waals surface area contributed by atoms with E-state index in [4.69, 9.17) is 0 Å². The normalized spacial score (nSPS) is 15.5. The number of hydrogen-bond acceptors (Lipinski definition) is 2. The molecule has 0 aromatic heterocycles. The lowest BCUT2D eigenvalue weighted by Gasteiger charge is -2.23. The standard InChI is InChI=1S/C19H27FN2O2/c1-15(2)14-19(24)22-11-3-10-21(12-13-22)18(23)9-6-16-4-7-17(20)8-5-16/h4-5,7-8,15H,3,6,9-14H2,1-2H3. The SMILES string of the molecule is CC(C)CC(=O)N1CCCN(C(=O)CCc2ccc(F)cc2)CC1. The summed E-state index contributed by atoms with van der Waals surface area (Å²) in [5, 5.41) is 0. The molecule has 132 valence electrons. The molecule has 1 aliphatic heterocycles. The van der Waals surface area contributed by atoms with Gasteiger partial charge in [-0.2, -0.15) is 0 Å². The first-order valence-electron chi connectivity index (χ1n) is 8.75. The predicted octanol–water partition coefficient (Wildman–Crippen LogP) is 2.87. The van der Waals surface area contributed by atoms with E-state index in [2.05, 4.69) is 0 Å². The number of carbonyl (C=O) groups is 2. The minimum atomic E-state index is -0.260. The minimum Gasteiger partial charge on any atom is -0.341 e. The van der Waals surface area contributed by atoms with Crippen LogP contribution in [0.2, 0.25) is 0 Å². The average molecular weight is 334 g/mol. The topological polar surface area (TPSA) is 40.6 Å². The zero-order valence-electron chi connectivity index (χ0n) is 14.6. The summed E-state index contributed by atoms with van der Waals surface area (Å²) in [7, 11) is 0. The molecule has 4 nitrogen and oxygen atoms in total. The van der Waals surface area contributed by atoms with Gasteiger partial charge in [0.2, 0.25) is 11.8 Å². The lowest BCUT2D eigenvalue weighted by atomic mass is 10.1.